The van der Waals surface area contributed by atoms with E-state index in [4.69, 9.17) is 17.3 Å². The fraction of sp³-hybridized carbons (Fsp3) is 0.0556. The average molecular weight is 389 g/mol. The van der Waals surface area contributed by atoms with Gasteiger partial charge in [0.15, 0.2) is 0 Å². The molecule has 0 radical (unpaired) electrons. The van der Waals surface area contributed by atoms with Gasteiger partial charge in [-0.1, -0.05) is 41.4 Å². The predicted octanol–water partition coefficient (Wildman–Crippen LogP) is 4.66. The van der Waals surface area contributed by atoms with Crippen molar-refractivity contribution in [2.75, 3.05) is 5.73 Å². The Balaban J connectivity index is 2.28. The van der Waals surface area contributed by atoms with Crippen molar-refractivity contribution >= 4 is 37.8 Å². The molecule has 0 atom stereocenters. The van der Waals surface area contributed by atoms with Crippen LogP contribution in [0.5, 0.6) is 0 Å². The fourth-order valence-electron chi connectivity index (χ4n) is 2.43. The van der Waals surface area contributed by atoms with Crippen LogP contribution in [0.25, 0.3) is 11.1 Å². The third-order valence-electron chi connectivity index (χ3n) is 3.72. The molecule has 1 heterocycles. The van der Waals surface area contributed by atoms with Crippen molar-refractivity contribution in [1.82, 2.24) is 0 Å². The zero-order valence-electron chi connectivity index (χ0n) is 13.2. The number of hydrogen-bond donors (Lipinski definition) is 1. The average Bonchev–Trinajstić information content (AvgIpc) is 2.93. The SMILES string of the molecule is Cc1ccc(S(=O)(=O)c2sc(N)c(C#N)c2-c2ccc(Cl)cc2)cc1. The summed E-state index contributed by atoms with van der Waals surface area (Å²) in [5.41, 5.74) is 7.95. The van der Waals surface area contributed by atoms with Gasteiger partial charge >= 0.3 is 0 Å². The highest BCUT2D eigenvalue weighted by molar-refractivity contribution is 7.93. The Morgan fingerprint density at radius 2 is 1.68 bits per heavy atom. The molecular weight excluding hydrogens is 376 g/mol. The third-order valence-corrected chi connectivity index (χ3v) is 7.28. The summed E-state index contributed by atoms with van der Waals surface area (Å²) >= 11 is 6.82. The number of nitrogen functional groups attached to an aromatic ring is 1. The van der Waals surface area contributed by atoms with Crippen LogP contribution in [0.4, 0.5) is 5.00 Å². The van der Waals surface area contributed by atoms with Crippen molar-refractivity contribution in [3.8, 4) is 17.2 Å². The molecule has 7 heteroatoms. The Labute approximate surface area is 155 Å². The van der Waals surface area contributed by atoms with Crippen molar-refractivity contribution in [3.63, 3.8) is 0 Å². The van der Waals surface area contributed by atoms with Gasteiger partial charge in [0.25, 0.3) is 0 Å². The monoisotopic (exact) mass is 388 g/mol. The van der Waals surface area contributed by atoms with Gasteiger partial charge in [-0.15, -0.1) is 11.3 Å². The van der Waals surface area contributed by atoms with E-state index in [2.05, 4.69) is 0 Å². The number of hydrogen-bond acceptors (Lipinski definition) is 5. The van der Waals surface area contributed by atoms with E-state index in [0.29, 0.717) is 16.1 Å². The van der Waals surface area contributed by atoms with E-state index in [0.717, 1.165) is 16.9 Å². The van der Waals surface area contributed by atoms with Crippen LogP contribution in [0.3, 0.4) is 0 Å². The number of benzene rings is 2. The number of aryl methyl sites for hydroxylation is 1. The zero-order chi connectivity index (χ0) is 18.2. The molecule has 0 unspecified atom stereocenters. The fourth-order valence-corrected chi connectivity index (χ4v) is 5.52. The van der Waals surface area contributed by atoms with Crippen molar-refractivity contribution in [3.05, 3.63) is 64.7 Å². The largest absolute Gasteiger partial charge is 0.389 e. The number of thiophene rings is 1. The molecule has 2 N–H and O–H groups in total. The lowest BCUT2D eigenvalue weighted by atomic mass is 10.1. The van der Waals surface area contributed by atoms with Gasteiger partial charge in [-0.3, -0.25) is 0 Å². The summed E-state index contributed by atoms with van der Waals surface area (Å²) in [5, 5.41) is 10.2. The van der Waals surface area contributed by atoms with Crippen molar-refractivity contribution < 1.29 is 8.42 Å². The van der Waals surface area contributed by atoms with Gasteiger partial charge in [0.1, 0.15) is 15.3 Å². The molecule has 0 aliphatic carbocycles. The standard InChI is InChI=1S/C18H13ClN2O2S2/c1-11-2-8-14(9-3-11)25(22,23)18-16(15(10-20)17(21)24-18)12-4-6-13(19)7-5-12/h2-9H,21H2,1H3. The number of halogens is 1. The number of rotatable bonds is 3. The number of nitrogens with two attached hydrogens (primary N) is 1. The number of nitrogens with zero attached hydrogens (tertiary/aromatic N) is 1. The van der Waals surface area contributed by atoms with Crippen LogP contribution in [-0.2, 0) is 9.84 Å². The summed E-state index contributed by atoms with van der Waals surface area (Å²) in [6, 6.07) is 15.2. The Bertz CT molecular complexity index is 1080. The predicted molar refractivity (Wildman–Crippen MR) is 101 cm³/mol. The summed E-state index contributed by atoms with van der Waals surface area (Å²) in [4.78, 5) is 0.166. The number of anilines is 1. The van der Waals surface area contributed by atoms with E-state index in [1.54, 1.807) is 48.5 Å². The Hall–Kier alpha value is -2.33. The number of sulfone groups is 1. The molecule has 3 aromatic rings. The summed E-state index contributed by atoms with van der Waals surface area (Å²) in [5.74, 6) is 0. The molecule has 25 heavy (non-hydrogen) atoms. The minimum Gasteiger partial charge on any atom is -0.389 e. The summed E-state index contributed by atoms with van der Waals surface area (Å²) in [6.45, 7) is 1.88. The van der Waals surface area contributed by atoms with Gasteiger partial charge < -0.3 is 5.73 Å². The molecule has 0 saturated carbocycles. The molecule has 4 nitrogen and oxygen atoms in total. The molecule has 0 amide bonds. The summed E-state index contributed by atoms with van der Waals surface area (Å²) < 4.78 is 26.3. The van der Waals surface area contributed by atoms with E-state index in [1.165, 1.54) is 0 Å². The topological polar surface area (TPSA) is 83.9 Å². The van der Waals surface area contributed by atoms with Gasteiger partial charge in [-0.25, -0.2) is 8.42 Å². The second kappa shape index (κ2) is 6.52. The van der Waals surface area contributed by atoms with Gasteiger partial charge in [0, 0.05) is 10.6 Å². The van der Waals surface area contributed by atoms with Gasteiger partial charge in [-0.2, -0.15) is 5.26 Å². The normalized spacial score (nSPS) is 11.2. The lowest BCUT2D eigenvalue weighted by molar-refractivity contribution is 0.598. The Morgan fingerprint density at radius 1 is 1.08 bits per heavy atom. The first kappa shape index (κ1) is 17.5. The Morgan fingerprint density at radius 3 is 2.24 bits per heavy atom. The van der Waals surface area contributed by atoms with Crippen LogP contribution in [-0.4, -0.2) is 8.42 Å². The smallest absolute Gasteiger partial charge is 0.216 e. The van der Waals surface area contributed by atoms with Crippen LogP contribution in [0.1, 0.15) is 11.1 Å². The molecule has 126 valence electrons. The maximum absolute atomic E-state index is 13.1. The number of nitriles is 1. The molecular formula is C18H13ClN2O2S2. The second-order valence-electron chi connectivity index (χ2n) is 5.44. The highest BCUT2D eigenvalue weighted by atomic mass is 35.5. The van der Waals surface area contributed by atoms with Crippen molar-refractivity contribution in [1.29, 1.82) is 5.26 Å². The molecule has 0 bridgehead atoms. The van der Waals surface area contributed by atoms with Gasteiger partial charge in [0.2, 0.25) is 9.84 Å². The van der Waals surface area contributed by atoms with Crippen molar-refractivity contribution in [2.24, 2.45) is 0 Å². The molecule has 0 aliphatic heterocycles. The maximum atomic E-state index is 13.1. The molecule has 0 spiro atoms. The van der Waals surface area contributed by atoms with E-state index >= 15 is 0 Å². The molecule has 0 aliphatic rings. The van der Waals surface area contributed by atoms with Gasteiger partial charge in [0.05, 0.1) is 10.5 Å². The first-order valence-corrected chi connectivity index (χ1v) is 9.92. The highest BCUT2D eigenvalue weighted by Crippen LogP contribution is 2.43. The van der Waals surface area contributed by atoms with Crippen LogP contribution in [0.15, 0.2) is 57.6 Å². The lowest BCUT2D eigenvalue weighted by Gasteiger charge is -2.07. The first-order valence-electron chi connectivity index (χ1n) is 7.24. The second-order valence-corrected chi connectivity index (χ2v) is 9.07. The lowest BCUT2D eigenvalue weighted by Crippen LogP contribution is -2.01. The zero-order valence-corrected chi connectivity index (χ0v) is 15.5. The summed E-state index contributed by atoms with van der Waals surface area (Å²) in [7, 11) is -3.80. The molecule has 1 aromatic heterocycles. The Kier molecular flexibility index (Phi) is 4.56. The molecule has 0 saturated heterocycles. The first-order chi connectivity index (χ1) is 11.8. The molecule has 2 aromatic carbocycles. The third kappa shape index (κ3) is 3.14. The summed E-state index contributed by atoms with van der Waals surface area (Å²) in [6.07, 6.45) is 0. The van der Waals surface area contributed by atoms with E-state index < -0.39 is 9.84 Å². The minimum absolute atomic E-state index is 0.0627. The van der Waals surface area contributed by atoms with E-state index in [9.17, 15) is 13.7 Å². The van der Waals surface area contributed by atoms with Crippen LogP contribution in [0.2, 0.25) is 5.02 Å². The van der Waals surface area contributed by atoms with Crippen LogP contribution < -0.4 is 5.73 Å². The molecule has 0 fully saturated rings. The van der Waals surface area contributed by atoms with Crippen LogP contribution >= 0.6 is 22.9 Å². The minimum atomic E-state index is -3.80. The highest BCUT2D eigenvalue weighted by Gasteiger charge is 2.29. The quantitative estimate of drug-likeness (QED) is 0.706. The van der Waals surface area contributed by atoms with Crippen LogP contribution in [0, 0.1) is 18.3 Å². The van der Waals surface area contributed by atoms with E-state index in [1.807, 2.05) is 13.0 Å². The van der Waals surface area contributed by atoms with Gasteiger partial charge in [-0.05, 0) is 36.8 Å². The van der Waals surface area contributed by atoms with E-state index in [-0.39, 0.29) is 19.7 Å². The molecule has 3 rings (SSSR count). The maximum Gasteiger partial charge on any atom is 0.216 e. The van der Waals surface area contributed by atoms with Crippen molar-refractivity contribution in [2.45, 2.75) is 16.0 Å².